The Bertz CT molecular complexity index is 377. The summed E-state index contributed by atoms with van der Waals surface area (Å²) in [5.74, 6) is -1.24. The molecule has 108 valence electrons. The normalized spacial score (nSPS) is 14.4. The third-order valence-corrected chi connectivity index (χ3v) is 2.94. The minimum Gasteiger partial charge on any atom is -0.390 e. The van der Waals surface area contributed by atoms with Crippen LogP contribution in [0.1, 0.15) is 18.9 Å². The highest BCUT2D eigenvalue weighted by Crippen LogP contribution is 2.21. The van der Waals surface area contributed by atoms with E-state index in [0.717, 1.165) is 0 Å². The van der Waals surface area contributed by atoms with Crippen molar-refractivity contribution in [2.45, 2.75) is 25.4 Å². The van der Waals surface area contributed by atoms with Crippen LogP contribution in [0.2, 0.25) is 0 Å². The Morgan fingerprint density at radius 1 is 1.26 bits per heavy atom. The second-order valence-corrected chi connectivity index (χ2v) is 4.87. The summed E-state index contributed by atoms with van der Waals surface area (Å²) in [6.07, 6.45) is 0.363. The third-order valence-electron chi connectivity index (χ3n) is 2.94. The van der Waals surface area contributed by atoms with Gasteiger partial charge in [0, 0.05) is 25.6 Å². The first-order valence-electron chi connectivity index (χ1n) is 6.31. The zero-order valence-corrected chi connectivity index (χ0v) is 11.4. The third kappa shape index (κ3) is 5.63. The van der Waals surface area contributed by atoms with Gasteiger partial charge >= 0.3 is 0 Å². The van der Waals surface area contributed by atoms with Gasteiger partial charge in [0.1, 0.15) is 11.6 Å². The lowest BCUT2D eigenvalue weighted by molar-refractivity contribution is 0.0492. The number of hydrogen-bond acceptors (Lipinski definition) is 3. The van der Waals surface area contributed by atoms with Crippen LogP contribution in [0, 0.1) is 11.6 Å². The predicted molar refractivity (Wildman–Crippen MR) is 70.0 cm³/mol. The van der Waals surface area contributed by atoms with Gasteiger partial charge in [0.15, 0.2) is 0 Å². The first-order chi connectivity index (χ1) is 8.96. The van der Waals surface area contributed by atoms with Crippen LogP contribution in [0.25, 0.3) is 0 Å². The Kier molecular flexibility index (Phi) is 6.34. The molecule has 0 radical (unpaired) electrons. The molecule has 2 N–H and O–H groups in total. The van der Waals surface area contributed by atoms with Crippen LogP contribution in [0.4, 0.5) is 8.78 Å². The lowest BCUT2D eigenvalue weighted by atomic mass is 9.92. The molecule has 1 aromatic carbocycles. The van der Waals surface area contributed by atoms with Crippen molar-refractivity contribution in [1.82, 2.24) is 5.32 Å². The average Bonchev–Trinajstić information content (AvgIpc) is 2.34. The van der Waals surface area contributed by atoms with Gasteiger partial charge in [-0.15, -0.1) is 0 Å². The Balaban J connectivity index is 2.49. The van der Waals surface area contributed by atoms with Crippen molar-refractivity contribution in [1.29, 1.82) is 0 Å². The molecular formula is C14H21F2NO2. The van der Waals surface area contributed by atoms with Crippen LogP contribution < -0.4 is 5.32 Å². The fraction of sp³-hybridized carbons (Fsp3) is 0.571. The molecule has 0 saturated heterocycles. The smallest absolute Gasteiger partial charge is 0.129 e. The van der Waals surface area contributed by atoms with Crippen LogP contribution in [0.15, 0.2) is 18.2 Å². The van der Waals surface area contributed by atoms with Crippen molar-refractivity contribution in [2.75, 3.05) is 26.8 Å². The van der Waals surface area contributed by atoms with Gasteiger partial charge < -0.3 is 15.2 Å². The fourth-order valence-electron chi connectivity index (χ4n) is 1.83. The van der Waals surface area contributed by atoms with E-state index in [4.69, 9.17) is 4.74 Å². The molecule has 1 rings (SSSR count). The standard InChI is InChI=1S/C14H21F2NO2/c1-14(18,6-7-17-8-9-19-2)10-11-12(15)4-3-5-13(11)16/h3-5,17-18H,6-10H2,1-2H3. The van der Waals surface area contributed by atoms with Gasteiger partial charge in [-0.25, -0.2) is 8.78 Å². The number of halogens is 2. The topological polar surface area (TPSA) is 41.5 Å². The van der Waals surface area contributed by atoms with Crippen LogP contribution in [-0.4, -0.2) is 37.5 Å². The maximum Gasteiger partial charge on any atom is 0.129 e. The summed E-state index contributed by atoms with van der Waals surface area (Å²) < 4.78 is 31.8. The number of nitrogens with one attached hydrogen (secondary N) is 1. The minimum absolute atomic E-state index is 0.0442. The second kappa shape index (κ2) is 7.53. The van der Waals surface area contributed by atoms with Gasteiger partial charge in [0.2, 0.25) is 0 Å². The summed E-state index contributed by atoms with van der Waals surface area (Å²) in [5.41, 5.74) is -1.22. The minimum atomic E-state index is -1.15. The summed E-state index contributed by atoms with van der Waals surface area (Å²) in [5, 5.41) is 13.3. The highest BCUT2D eigenvalue weighted by atomic mass is 19.1. The first-order valence-corrected chi connectivity index (χ1v) is 6.31. The molecule has 0 amide bonds. The maximum atomic E-state index is 13.5. The fourth-order valence-corrected chi connectivity index (χ4v) is 1.83. The molecule has 0 heterocycles. The van der Waals surface area contributed by atoms with E-state index in [1.165, 1.54) is 18.2 Å². The summed E-state index contributed by atoms with van der Waals surface area (Å²) in [4.78, 5) is 0. The number of aliphatic hydroxyl groups is 1. The van der Waals surface area contributed by atoms with Crippen molar-refractivity contribution in [2.24, 2.45) is 0 Å². The van der Waals surface area contributed by atoms with Gasteiger partial charge in [-0.3, -0.25) is 0 Å². The molecule has 3 nitrogen and oxygen atoms in total. The lowest BCUT2D eigenvalue weighted by Gasteiger charge is -2.24. The second-order valence-electron chi connectivity index (χ2n) is 4.87. The predicted octanol–water partition coefficient (Wildman–Crippen LogP) is 1.88. The van der Waals surface area contributed by atoms with Crippen LogP contribution in [0.5, 0.6) is 0 Å². The highest BCUT2D eigenvalue weighted by molar-refractivity contribution is 5.21. The zero-order valence-electron chi connectivity index (χ0n) is 11.4. The van der Waals surface area contributed by atoms with Crippen LogP contribution >= 0.6 is 0 Å². The molecule has 0 spiro atoms. The van der Waals surface area contributed by atoms with Crippen molar-refractivity contribution in [3.8, 4) is 0 Å². The monoisotopic (exact) mass is 273 g/mol. The molecule has 0 aliphatic rings. The molecule has 1 unspecified atom stereocenters. The van der Waals surface area contributed by atoms with Gasteiger partial charge in [0.25, 0.3) is 0 Å². The van der Waals surface area contributed by atoms with Crippen molar-refractivity contribution in [3.05, 3.63) is 35.4 Å². The zero-order chi connectivity index (χ0) is 14.3. The molecule has 19 heavy (non-hydrogen) atoms. The Morgan fingerprint density at radius 3 is 2.47 bits per heavy atom. The molecule has 0 saturated carbocycles. The molecular weight excluding hydrogens is 252 g/mol. The van der Waals surface area contributed by atoms with Crippen molar-refractivity contribution >= 4 is 0 Å². The highest BCUT2D eigenvalue weighted by Gasteiger charge is 2.24. The molecule has 0 aromatic heterocycles. The quantitative estimate of drug-likeness (QED) is 0.711. The first kappa shape index (κ1) is 16.0. The molecule has 0 aliphatic heterocycles. The summed E-state index contributed by atoms with van der Waals surface area (Å²) in [6, 6.07) is 3.71. The van der Waals surface area contributed by atoms with E-state index >= 15 is 0 Å². The molecule has 5 heteroatoms. The number of methoxy groups -OCH3 is 1. The SMILES string of the molecule is COCCNCCC(C)(O)Cc1c(F)cccc1F. The van der Waals surface area contributed by atoms with Crippen molar-refractivity contribution < 1.29 is 18.6 Å². The Hall–Kier alpha value is -1.04. The summed E-state index contributed by atoms with van der Waals surface area (Å²) >= 11 is 0. The number of benzene rings is 1. The van der Waals surface area contributed by atoms with E-state index in [1.807, 2.05) is 0 Å². The van der Waals surface area contributed by atoms with E-state index in [1.54, 1.807) is 14.0 Å². The van der Waals surface area contributed by atoms with E-state index in [0.29, 0.717) is 26.1 Å². The van der Waals surface area contributed by atoms with Gasteiger partial charge in [-0.1, -0.05) is 6.07 Å². The molecule has 1 atom stereocenters. The molecule has 1 aromatic rings. The van der Waals surface area contributed by atoms with E-state index in [9.17, 15) is 13.9 Å². The lowest BCUT2D eigenvalue weighted by Crippen LogP contribution is -2.33. The largest absolute Gasteiger partial charge is 0.390 e. The summed E-state index contributed by atoms with van der Waals surface area (Å²) in [6.45, 7) is 3.41. The average molecular weight is 273 g/mol. The maximum absolute atomic E-state index is 13.5. The van der Waals surface area contributed by atoms with Crippen LogP contribution in [-0.2, 0) is 11.2 Å². The summed E-state index contributed by atoms with van der Waals surface area (Å²) in [7, 11) is 1.61. The Morgan fingerprint density at radius 2 is 1.89 bits per heavy atom. The van der Waals surface area contributed by atoms with E-state index in [-0.39, 0.29) is 12.0 Å². The molecule has 0 bridgehead atoms. The van der Waals surface area contributed by atoms with E-state index < -0.39 is 17.2 Å². The molecule has 0 fully saturated rings. The molecule has 0 aliphatic carbocycles. The van der Waals surface area contributed by atoms with Gasteiger partial charge in [-0.05, 0) is 32.0 Å². The van der Waals surface area contributed by atoms with Gasteiger partial charge in [-0.2, -0.15) is 0 Å². The number of hydrogen-bond donors (Lipinski definition) is 2. The van der Waals surface area contributed by atoms with E-state index in [2.05, 4.69) is 5.32 Å². The van der Waals surface area contributed by atoms with Crippen molar-refractivity contribution in [3.63, 3.8) is 0 Å². The Labute approximate surface area is 112 Å². The van der Waals surface area contributed by atoms with Crippen LogP contribution in [0.3, 0.4) is 0 Å². The number of rotatable bonds is 8. The van der Waals surface area contributed by atoms with Gasteiger partial charge in [0.05, 0.1) is 12.2 Å². The number of ether oxygens (including phenoxy) is 1.